The highest BCUT2D eigenvalue weighted by Crippen LogP contribution is 2.10. The molecule has 0 atom stereocenters. The van der Waals surface area contributed by atoms with Gasteiger partial charge in [-0.3, -0.25) is 0 Å². The first-order valence-electron chi connectivity index (χ1n) is 5.31. The molecule has 0 unspecified atom stereocenters. The smallest absolute Gasteiger partial charge is 0.0387 e. The van der Waals surface area contributed by atoms with Crippen molar-refractivity contribution < 1.29 is 0 Å². The van der Waals surface area contributed by atoms with Crippen molar-refractivity contribution in [3.05, 3.63) is 72.0 Å². The summed E-state index contributed by atoms with van der Waals surface area (Å²) in [5, 5.41) is 0. The van der Waals surface area contributed by atoms with Crippen molar-refractivity contribution in [3.8, 4) is 0 Å². The van der Waals surface area contributed by atoms with Crippen molar-refractivity contribution in [2.24, 2.45) is 5.73 Å². The molecule has 0 aromatic heterocycles. The van der Waals surface area contributed by atoms with Gasteiger partial charge in [-0.15, -0.1) is 0 Å². The zero-order valence-corrected chi connectivity index (χ0v) is 10.5. The van der Waals surface area contributed by atoms with E-state index in [1.165, 1.54) is 0 Å². The molecule has 0 rings (SSSR count). The summed E-state index contributed by atoms with van der Waals surface area (Å²) in [7, 11) is 0. The SMILES string of the molecule is C=CC(=C/C)/C=C(\N)C(=C)/C=C(C)\C=C/C. The molecular formula is C15H21N. The molecule has 0 saturated carbocycles. The van der Waals surface area contributed by atoms with Crippen LogP contribution >= 0.6 is 0 Å². The van der Waals surface area contributed by atoms with Gasteiger partial charge in [0.1, 0.15) is 0 Å². The monoisotopic (exact) mass is 215 g/mol. The highest BCUT2D eigenvalue weighted by molar-refractivity contribution is 5.44. The van der Waals surface area contributed by atoms with Gasteiger partial charge >= 0.3 is 0 Å². The maximum Gasteiger partial charge on any atom is 0.0387 e. The van der Waals surface area contributed by atoms with Gasteiger partial charge in [-0.1, -0.05) is 49.1 Å². The third-order valence-electron chi connectivity index (χ3n) is 2.09. The summed E-state index contributed by atoms with van der Waals surface area (Å²) in [6.07, 6.45) is 11.6. The minimum Gasteiger partial charge on any atom is -0.398 e. The van der Waals surface area contributed by atoms with Gasteiger partial charge in [0.05, 0.1) is 0 Å². The minimum absolute atomic E-state index is 0.664. The van der Waals surface area contributed by atoms with E-state index in [1.54, 1.807) is 6.08 Å². The van der Waals surface area contributed by atoms with Crippen LogP contribution in [0.3, 0.4) is 0 Å². The lowest BCUT2D eigenvalue weighted by Gasteiger charge is -2.02. The lowest BCUT2D eigenvalue weighted by Crippen LogP contribution is -1.99. The molecule has 1 nitrogen and oxygen atoms in total. The highest BCUT2D eigenvalue weighted by atomic mass is 14.6. The van der Waals surface area contributed by atoms with Crippen LogP contribution in [0.15, 0.2) is 72.0 Å². The molecule has 0 aromatic carbocycles. The molecule has 0 aliphatic rings. The van der Waals surface area contributed by atoms with Gasteiger partial charge in [0, 0.05) is 5.70 Å². The summed E-state index contributed by atoms with van der Waals surface area (Å²) >= 11 is 0. The largest absolute Gasteiger partial charge is 0.398 e. The average molecular weight is 215 g/mol. The van der Waals surface area contributed by atoms with Gasteiger partial charge in [-0.25, -0.2) is 0 Å². The first-order chi connectivity index (χ1) is 7.54. The van der Waals surface area contributed by atoms with Gasteiger partial charge in [0.2, 0.25) is 0 Å². The molecule has 0 spiro atoms. The Balaban J connectivity index is 4.88. The first kappa shape index (κ1) is 14.2. The van der Waals surface area contributed by atoms with E-state index in [1.807, 2.05) is 51.2 Å². The Morgan fingerprint density at radius 3 is 2.25 bits per heavy atom. The molecule has 16 heavy (non-hydrogen) atoms. The number of nitrogens with two attached hydrogens (primary N) is 1. The van der Waals surface area contributed by atoms with Crippen LogP contribution in [0.5, 0.6) is 0 Å². The molecule has 0 aliphatic carbocycles. The minimum atomic E-state index is 0.664. The second kappa shape index (κ2) is 7.52. The van der Waals surface area contributed by atoms with Crippen LogP contribution in [0.4, 0.5) is 0 Å². The fourth-order valence-corrected chi connectivity index (χ4v) is 1.20. The second-order valence-electron chi connectivity index (χ2n) is 3.51. The van der Waals surface area contributed by atoms with E-state index in [0.29, 0.717) is 5.70 Å². The molecule has 0 bridgehead atoms. The van der Waals surface area contributed by atoms with Crippen LogP contribution in [-0.4, -0.2) is 0 Å². The van der Waals surface area contributed by atoms with Crippen LogP contribution in [0.1, 0.15) is 20.8 Å². The fraction of sp³-hybridized carbons (Fsp3) is 0.200. The summed E-state index contributed by atoms with van der Waals surface area (Å²) in [5.74, 6) is 0. The summed E-state index contributed by atoms with van der Waals surface area (Å²) in [6, 6.07) is 0. The Hall–Kier alpha value is -1.76. The molecular weight excluding hydrogens is 194 g/mol. The van der Waals surface area contributed by atoms with Crippen molar-refractivity contribution >= 4 is 0 Å². The molecule has 0 aromatic rings. The van der Waals surface area contributed by atoms with Gasteiger partial charge in [-0.05, 0) is 38.0 Å². The van der Waals surface area contributed by atoms with Crippen LogP contribution < -0.4 is 5.73 Å². The summed E-state index contributed by atoms with van der Waals surface area (Å²) in [4.78, 5) is 0. The third kappa shape index (κ3) is 5.20. The van der Waals surface area contributed by atoms with Gasteiger partial charge in [-0.2, -0.15) is 0 Å². The molecule has 2 N–H and O–H groups in total. The van der Waals surface area contributed by atoms with Crippen molar-refractivity contribution in [1.82, 2.24) is 0 Å². The predicted molar refractivity (Wildman–Crippen MR) is 73.9 cm³/mol. The Bertz CT molecular complexity index is 376. The van der Waals surface area contributed by atoms with E-state index in [9.17, 15) is 0 Å². The van der Waals surface area contributed by atoms with Gasteiger partial charge < -0.3 is 5.73 Å². The zero-order valence-electron chi connectivity index (χ0n) is 10.5. The Morgan fingerprint density at radius 2 is 1.81 bits per heavy atom. The summed E-state index contributed by atoms with van der Waals surface area (Å²) < 4.78 is 0. The van der Waals surface area contributed by atoms with Crippen LogP contribution in [0, 0.1) is 0 Å². The van der Waals surface area contributed by atoms with Crippen molar-refractivity contribution in [2.75, 3.05) is 0 Å². The van der Waals surface area contributed by atoms with Gasteiger partial charge in [0.15, 0.2) is 0 Å². The molecule has 0 saturated heterocycles. The second-order valence-corrected chi connectivity index (χ2v) is 3.51. The molecule has 86 valence electrons. The number of hydrogen-bond acceptors (Lipinski definition) is 1. The first-order valence-corrected chi connectivity index (χ1v) is 5.31. The average Bonchev–Trinajstić information content (AvgIpc) is 2.25. The Morgan fingerprint density at radius 1 is 1.19 bits per heavy atom. The third-order valence-corrected chi connectivity index (χ3v) is 2.09. The quantitative estimate of drug-likeness (QED) is 0.688. The zero-order chi connectivity index (χ0) is 12.6. The fourth-order valence-electron chi connectivity index (χ4n) is 1.20. The number of hydrogen-bond donors (Lipinski definition) is 1. The molecule has 1 heteroatoms. The predicted octanol–water partition coefficient (Wildman–Crippen LogP) is 4.04. The van der Waals surface area contributed by atoms with E-state index in [-0.39, 0.29) is 0 Å². The van der Waals surface area contributed by atoms with Crippen molar-refractivity contribution in [3.63, 3.8) is 0 Å². The maximum atomic E-state index is 5.92. The maximum absolute atomic E-state index is 5.92. The molecule has 0 heterocycles. The summed E-state index contributed by atoms with van der Waals surface area (Å²) in [6.45, 7) is 13.6. The topological polar surface area (TPSA) is 26.0 Å². The standard InChI is InChI=1S/C15H21N/c1-6-9-12(4)10-13(5)15(16)11-14(7-2)8-3/h6-11H,2,5,16H2,1,3-4H3/b9-6-,12-10-,14-8-,15-11-. The van der Waals surface area contributed by atoms with Gasteiger partial charge in [0.25, 0.3) is 0 Å². The Kier molecular flexibility index (Phi) is 6.69. The lowest BCUT2D eigenvalue weighted by molar-refractivity contribution is 1.33. The lowest BCUT2D eigenvalue weighted by atomic mass is 10.1. The van der Waals surface area contributed by atoms with Crippen LogP contribution in [0.25, 0.3) is 0 Å². The van der Waals surface area contributed by atoms with E-state index < -0.39 is 0 Å². The normalized spacial score (nSPS) is 14.3. The molecule has 0 radical (unpaired) electrons. The molecule has 0 amide bonds. The van der Waals surface area contributed by atoms with E-state index in [4.69, 9.17) is 5.73 Å². The van der Waals surface area contributed by atoms with Crippen molar-refractivity contribution in [2.45, 2.75) is 20.8 Å². The molecule has 0 aliphatic heterocycles. The summed E-state index contributed by atoms with van der Waals surface area (Å²) in [5.41, 5.74) is 9.52. The van der Waals surface area contributed by atoms with E-state index >= 15 is 0 Å². The van der Waals surface area contributed by atoms with Crippen molar-refractivity contribution in [1.29, 1.82) is 0 Å². The molecule has 0 fully saturated rings. The van der Waals surface area contributed by atoms with E-state index in [2.05, 4.69) is 13.2 Å². The highest BCUT2D eigenvalue weighted by Gasteiger charge is 1.95. The number of allylic oxidation sites excluding steroid dienone is 8. The number of rotatable bonds is 5. The van der Waals surface area contributed by atoms with E-state index in [0.717, 1.165) is 16.7 Å². The van der Waals surface area contributed by atoms with Crippen LogP contribution in [0.2, 0.25) is 0 Å². The van der Waals surface area contributed by atoms with Crippen LogP contribution in [-0.2, 0) is 0 Å². The Labute approximate surface area is 99.1 Å².